The molecule has 1 unspecified atom stereocenters. The number of hydrogen-bond donors (Lipinski definition) is 1. The van der Waals surface area contributed by atoms with Crippen molar-refractivity contribution in [2.24, 2.45) is 0 Å². The Morgan fingerprint density at radius 3 is 3.09 bits per heavy atom. The van der Waals surface area contributed by atoms with Crippen LogP contribution in [0.15, 0.2) is 33.8 Å². The molecule has 4 heterocycles. The zero-order valence-electron chi connectivity index (χ0n) is 11.5. The standard InChI is InChI=1S/C14H12N4O3S/c19-11-4-3-8(6-15-11)12-17-13(21-18-12)10-7-16-14(22-10)9-2-1-5-20-9/h3-4,6-7,9H,1-2,5H2,(H,15,19). The number of pyridine rings is 1. The van der Waals surface area contributed by atoms with Gasteiger partial charge in [0.25, 0.3) is 5.89 Å². The molecule has 0 saturated carbocycles. The van der Waals surface area contributed by atoms with E-state index in [-0.39, 0.29) is 11.7 Å². The summed E-state index contributed by atoms with van der Waals surface area (Å²) in [6, 6.07) is 3.07. The maximum absolute atomic E-state index is 11.1. The van der Waals surface area contributed by atoms with Crippen molar-refractivity contribution in [2.45, 2.75) is 18.9 Å². The number of rotatable bonds is 3. The lowest BCUT2D eigenvalue weighted by molar-refractivity contribution is 0.111. The zero-order chi connectivity index (χ0) is 14.9. The van der Waals surface area contributed by atoms with Gasteiger partial charge in [-0.15, -0.1) is 11.3 Å². The molecule has 0 spiro atoms. The second-order valence-corrected chi connectivity index (χ2v) is 5.99. The van der Waals surface area contributed by atoms with Crippen LogP contribution in [0.4, 0.5) is 0 Å². The molecule has 1 saturated heterocycles. The first-order valence-corrected chi connectivity index (χ1v) is 7.72. The van der Waals surface area contributed by atoms with Gasteiger partial charge in [-0.3, -0.25) is 4.79 Å². The molecule has 0 aliphatic carbocycles. The van der Waals surface area contributed by atoms with E-state index in [4.69, 9.17) is 9.26 Å². The van der Waals surface area contributed by atoms with E-state index in [2.05, 4.69) is 20.1 Å². The summed E-state index contributed by atoms with van der Waals surface area (Å²) in [7, 11) is 0. The van der Waals surface area contributed by atoms with Crippen LogP contribution in [0.3, 0.4) is 0 Å². The van der Waals surface area contributed by atoms with Gasteiger partial charge in [-0.05, 0) is 18.9 Å². The van der Waals surface area contributed by atoms with Gasteiger partial charge in [-0.2, -0.15) is 4.98 Å². The first-order chi connectivity index (χ1) is 10.8. The lowest BCUT2D eigenvalue weighted by Gasteiger charge is -2.02. The van der Waals surface area contributed by atoms with Gasteiger partial charge in [0.1, 0.15) is 16.0 Å². The Balaban J connectivity index is 1.61. The summed E-state index contributed by atoms with van der Waals surface area (Å²) in [5, 5.41) is 4.88. The van der Waals surface area contributed by atoms with Crippen LogP contribution in [-0.2, 0) is 4.74 Å². The van der Waals surface area contributed by atoms with Crippen LogP contribution in [0, 0.1) is 0 Å². The number of hydrogen-bond acceptors (Lipinski definition) is 7. The molecule has 0 bridgehead atoms. The highest BCUT2D eigenvalue weighted by Crippen LogP contribution is 2.34. The van der Waals surface area contributed by atoms with Gasteiger partial charge in [0.05, 0.1) is 6.20 Å². The van der Waals surface area contributed by atoms with E-state index < -0.39 is 0 Å². The van der Waals surface area contributed by atoms with Gasteiger partial charge in [0, 0.05) is 24.4 Å². The van der Waals surface area contributed by atoms with Crippen LogP contribution < -0.4 is 5.56 Å². The van der Waals surface area contributed by atoms with Gasteiger partial charge >= 0.3 is 0 Å². The maximum Gasteiger partial charge on any atom is 0.269 e. The molecule has 4 rings (SSSR count). The fraction of sp³-hybridized carbons (Fsp3) is 0.286. The summed E-state index contributed by atoms with van der Waals surface area (Å²) < 4.78 is 10.9. The van der Waals surface area contributed by atoms with E-state index >= 15 is 0 Å². The third kappa shape index (κ3) is 2.46. The van der Waals surface area contributed by atoms with Gasteiger partial charge in [-0.1, -0.05) is 5.16 Å². The van der Waals surface area contributed by atoms with Crippen LogP contribution in [0.5, 0.6) is 0 Å². The average Bonchev–Trinajstić information content (AvgIpc) is 3.27. The van der Waals surface area contributed by atoms with Gasteiger partial charge < -0.3 is 14.2 Å². The summed E-state index contributed by atoms with van der Waals surface area (Å²) in [5.74, 6) is 0.848. The SMILES string of the molecule is O=c1ccc(-c2noc(-c3cnc(C4CCCO4)s3)n2)c[nH]1. The Kier molecular flexibility index (Phi) is 3.32. The molecule has 3 aromatic heterocycles. The maximum atomic E-state index is 11.1. The minimum atomic E-state index is -0.170. The molecular weight excluding hydrogens is 304 g/mol. The van der Waals surface area contributed by atoms with E-state index in [1.165, 1.54) is 17.4 Å². The number of aromatic nitrogens is 4. The number of aromatic amines is 1. The minimum absolute atomic E-state index is 0.0836. The molecule has 1 N–H and O–H groups in total. The van der Waals surface area contributed by atoms with E-state index in [1.54, 1.807) is 18.5 Å². The summed E-state index contributed by atoms with van der Waals surface area (Å²) in [6.45, 7) is 0.788. The highest BCUT2D eigenvalue weighted by Gasteiger charge is 2.22. The molecule has 112 valence electrons. The summed E-state index contributed by atoms with van der Waals surface area (Å²) in [4.78, 5) is 23.2. The number of H-pyrrole nitrogens is 1. The van der Waals surface area contributed by atoms with Crippen LogP contribution in [0.2, 0.25) is 0 Å². The van der Waals surface area contributed by atoms with Crippen molar-refractivity contribution < 1.29 is 9.26 Å². The quantitative estimate of drug-likeness (QED) is 0.797. The van der Waals surface area contributed by atoms with Gasteiger partial charge in [0.15, 0.2) is 0 Å². The first kappa shape index (κ1) is 13.4. The van der Waals surface area contributed by atoms with Crippen molar-refractivity contribution in [1.29, 1.82) is 0 Å². The largest absolute Gasteiger partial charge is 0.371 e. The molecule has 3 aromatic rings. The predicted molar refractivity (Wildman–Crippen MR) is 79.4 cm³/mol. The number of thiazole rings is 1. The van der Waals surface area contributed by atoms with Gasteiger partial charge in [-0.25, -0.2) is 4.98 Å². The Morgan fingerprint density at radius 1 is 1.36 bits per heavy atom. The predicted octanol–water partition coefficient (Wildman–Crippen LogP) is 2.40. The van der Waals surface area contributed by atoms with Crippen molar-refractivity contribution in [2.75, 3.05) is 6.61 Å². The summed E-state index contributed by atoms with van der Waals surface area (Å²) in [6.07, 6.45) is 5.43. The van der Waals surface area contributed by atoms with Crippen molar-refractivity contribution >= 4 is 11.3 Å². The molecule has 1 aliphatic heterocycles. The molecule has 0 amide bonds. The Hall–Kier alpha value is -2.32. The topological polar surface area (TPSA) is 93.9 Å². The number of ether oxygens (including phenoxy) is 1. The van der Waals surface area contributed by atoms with Crippen molar-refractivity contribution in [3.8, 4) is 22.2 Å². The molecule has 0 radical (unpaired) electrons. The Bertz CT molecular complexity index is 827. The monoisotopic (exact) mass is 316 g/mol. The molecule has 1 atom stereocenters. The Labute approximate surface area is 129 Å². The van der Waals surface area contributed by atoms with Crippen molar-refractivity contribution in [1.82, 2.24) is 20.1 Å². The molecule has 22 heavy (non-hydrogen) atoms. The summed E-state index contributed by atoms with van der Waals surface area (Å²) >= 11 is 1.50. The fourth-order valence-corrected chi connectivity index (χ4v) is 3.22. The smallest absolute Gasteiger partial charge is 0.269 e. The summed E-state index contributed by atoms with van der Waals surface area (Å²) in [5.41, 5.74) is 0.523. The lowest BCUT2D eigenvalue weighted by atomic mass is 10.2. The van der Waals surface area contributed by atoms with Crippen LogP contribution in [-0.4, -0.2) is 26.7 Å². The van der Waals surface area contributed by atoms with Crippen molar-refractivity contribution in [3.05, 3.63) is 39.9 Å². The molecular formula is C14H12N4O3S. The van der Waals surface area contributed by atoms with E-state index in [9.17, 15) is 4.79 Å². The van der Waals surface area contributed by atoms with E-state index in [1.807, 2.05) is 0 Å². The van der Waals surface area contributed by atoms with Crippen molar-refractivity contribution in [3.63, 3.8) is 0 Å². The second kappa shape index (κ2) is 5.47. The third-order valence-electron chi connectivity index (χ3n) is 3.41. The van der Waals surface area contributed by atoms with E-state index in [0.717, 1.165) is 29.3 Å². The number of nitrogens with zero attached hydrogens (tertiary/aromatic N) is 3. The van der Waals surface area contributed by atoms with Crippen LogP contribution in [0.1, 0.15) is 24.0 Å². The molecule has 8 heteroatoms. The van der Waals surface area contributed by atoms with Crippen LogP contribution >= 0.6 is 11.3 Å². The highest BCUT2D eigenvalue weighted by molar-refractivity contribution is 7.15. The number of nitrogens with one attached hydrogen (secondary N) is 1. The molecule has 1 fully saturated rings. The Morgan fingerprint density at radius 2 is 2.32 bits per heavy atom. The molecule has 7 nitrogen and oxygen atoms in total. The zero-order valence-corrected chi connectivity index (χ0v) is 12.3. The second-order valence-electron chi connectivity index (χ2n) is 4.93. The third-order valence-corrected chi connectivity index (χ3v) is 4.49. The van der Waals surface area contributed by atoms with Gasteiger partial charge in [0.2, 0.25) is 11.4 Å². The fourth-order valence-electron chi connectivity index (χ4n) is 2.30. The minimum Gasteiger partial charge on any atom is -0.371 e. The first-order valence-electron chi connectivity index (χ1n) is 6.90. The van der Waals surface area contributed by atoms with E-state index in [0.29, 0.717) is 17.3 Å². The van der Waals surface area contributed by atoms with Crippen LogP contribution in [0.25, 0.3) is 22.2 Å². The molecule has 1 aliphatic rings. The average molecular weight is 316 g/mol. The lowest BCUT2D eigenvalue weighted by Crippen LogP contribution is -2.01. The highest BCUT2D eigenvalue weighted by atomic mass is 32.1. The molecule has 0 aromatic carbocycles. The normalized spacial score (nSPS) is 17.9.